The molecule has 2 amide bonds. The number of hydrogen-bond acceptors (Lipinski definition) is 4. The van der Waals surface area contributed by atoms with Gasteiger partial charge >= 0.3 is 5.97 Å². The summed E-state index contributed by atoms with van der Waals surface area (Å²) in [5, 5.41) is 25.1. The molecule has 39 heavy (non-hydrogen) atoms. The van der Waals surface area contributed by atoms with Crippen molar-refractivity contribution in [3.63, 3.8) is 0 Å². The Morgan fingerprint density at radius 3 is 2.54 bits per heavy atom. The Kier molecular flexibility index (Phi) is 8.42. The van der Waals surface area contributed by atoms with Crippen LogP contribution in [0.5, 0.6) is 0 Å². The molecular weight excluding hydrogens is 492 g/mol. The lowest BCUT2D eigenvalue weighted by atomic mass is 10.0. The number of rotatable bonds is 10. The number of nitriles is 1. The predicted octanol–water partition coefficient (Wildman–Crippen LogP) is 5.36. The summed E-state index contributed by atoms with van der Waals surface area (Å²) in [4.78, 5) is 37.2. The smallest absolute Gasteiger partial charge is 0.303 e. The first-order chi connectivity index (χ1) is 18.8. The maximum absolute atomic E-state index is 13.4. The number of nitrogens with one attached hydrogen (secondary N) is 2. The molecule has 0 spiro atoms. The van der Waals surface area contributed by atoms with E-state index in [0.29, 0.717) is 36.2 Å². The van der Waals surface area contributed by atoms with Gasteiger partial charge in [0.2, 0.25) is 5.91 Å². The topological polar surface area (TPSA) is 124 Å². The van der Waals surface area contributed by atoms with Crippen molar-refractivity contribution in [3.05, 3.63) is 101 Å². The molecule has 0 saturated heterocycles. The van der Waals surface area contributed by atoms with Gasteiger partial charge in [0.05, 0.1) is 11.6 Å². The van der Waals surface area contributed by atoms with Crippen molar-refractivity contribution in [1.82, 2.24) is 9.88 Å². The number of aryl methyl sites for hydroxylation is 2. The standard InChI is InChI=1S/C31H30N4O4/c1-20-19-35(28-16-25(13-14-26(20)28)31(39)33-18-22-7-4-3-5-8-22)21(2)30(38)34-27-15-23(17-32)11-12-24(27)9-6-10-29(36)37/h3-5,7-8,11-16,19,21H,6,9-10,18H2,1-2H3,(H,33,39)(H,34,38)(H,36,37). The summed E-state index contributed by atoms with van der Waals surface area (Å²) in [7, 11) is 0. The molecule has 0 aliphatic carbocycles. The Hall–Kier alpha value is -4.90. The van der Waals surface area contributed by atoms with Gasteiger partial charge < -0.3 is 20.3 Å². The average Bonchev–Trinajstić information content (AvgIpc) is 3.27. The molecule has 1 heterocycles. The van der Waals surface area contributed by atoms with Gasteiger partial charge in [-0.3, -0.25) is 14.4 Å². The van der Waals surface area contributed by atoms with Gasteiger partial charge in [-0.1, -0.05) is 42.5 Å². The van der Waals surface area contributed by atoms with E-state index >= 15 is 0 Å². The number of carboxylic acid groups (broad SMARTS) is 1. The molecule has 0 radical (unpaired) electrons. The average molecular weight is 523 g/mol. The zero-order valence-electron chi connectivity index (χ0n) is 21.9. The van der Waals surface area contributed by atoms with Gasteiger partial charge in [0.1, 0.15) is 6.04 Å². The zero-order valence-corrected chi connectivity index (χ0v) is 21.9. The Morgan fingerprint density at radius 2 is 1.82 bits per heavy atom. The summed E-state index contributed by atoms with van der Waals surface area (Å²) in [5.41, 5.74) is 4.88. The van der Waals surface area contributed by atoms with Crippen LogP contribution in [0.1, 0.15) is 58.4 Å². The second kappa shape index (κ2) is 12.1. The predicted molar refractivity (Wildman–Crippen MR) is 149 cm³/mol. The molecule has 4 rings (SSSR count). The number of aromatic nitrogens is 1. The van der Waals surface area contributed by atoms with Crippen LogP contribution in [0, 0.1) is 18.3 Å². The minimum Gasteiger partial charge on any atom is -0.481 e. The van der Waals surface area contributed by atoms with Gasteiger partial charge in [-0.2, -0.15) is 5.26 Å². The molecule has 0 saturated carbocycles. The quantitative estimate of drug-likeness (QED) is 0.259. The highest BCUT2D eigenvalue weighted by Gasteiger charge is 2.20. The molecule has 8 nitrogen and oxygen atoms in total. The largest absolute Gasteiger partial charge is 0.481 e. The lowest BCUT2D eigenvalue weighted by Crippen LogP contribution is -2.24. The van der Waals surface area contributed by atoms with Crippen LogP contribution in [-0.4, -0.2) is 27.5 Å². The van der Waals surface area contributed by atoms with E-state index in [1.807, 2.05) is 54.1 Å². The van der Waals surface area contributed by atoms with E-state index in [2.05, 4.69) is 16.7 Å². The van der Waals surface area contributed by atoms with Crippen LogP contribution < -0.4 is 10.6 Å². The van der Waals surface area contributed by atoms with Gasteiger partial charge in [0, 0.05) is 41.3 Å². The third-order valence-electron chi connectivity index (χ3n) is 6.72. The number of carboxylic acids is 1. The van der Waals surface area contributed by atoms with Gasteiger partial charge in [-0.15, -0.1) is 0 Å². The van der Waals surface area contributed by atoms with Crippen LogP contribution in [-0.2, 0) is 22.6 Å². The van der Waals surface area contributed by atoms with Crippen molar-refractivity contribution in [1.29, 1.82) is 5.26 Å². The van der Waals surface area contributed by atoms with E-state index in [0.717, 1.165) is 27.6 Å². The minimum atomic E-state index is -0.883. The Labute approximate surface area is 226 Å². The molecular formula is C31H30N4O4. The molecule has 1 unspecified atom stereocenters. The SMILES string of the molecule is Cc1cn(C(C)C(=O)Nc2cc(C#N)ccc2CCCC(=O)O)c2cc(C(=O)NCc3ccccc3)ccc12. The van der Waals surface area contributed by atoms with Crippen molar-refractivity contribution in [2.45, 2.75) is 45.7 Å². The number of carbonyl (C=O) groups is 3. The van der Waals surface area contributed by atoms with Crippen LogP contribution in [0.3, 0.4) is 0 Å². The number of fused-ring (bicyclic) bond motifs is 1. The van der Waals surface area contributed by atoms with E-state index < -0.39 is 12.0 Å². The van der Waals surface area contributed by atoms with Crippen molar-refractivity contribution < 1.29 is 19.5 Å². The maximum atomic E-state index is 13.4. The zero-order chi connectivity index (χ0) is 27.9. The molecule has 8 heteroatoms. The molecule has 0 aliphatic rings. The van der Waals surface area contributed by atoms with Crippen molar-refractivity contribution in [2.24, 2.45) is 0 Å². The second-order valence-corrected chi connectivity index (χ2v) is 9.52. The van der Waals surface area contributed by atoms with Crippen molar-refractivity contribution in [3.8, 4) is 6.07 Å². The highest BCUT2D eigenvalue weighted by Crippen LogP contribution is 2.27. The Morgan fingerprint density at radius 1 is 1.05 bits per heavy atom. The number of anilines is 1. The van der Waals surface area contributed by atoms with E-state index in [4.69, 9.17) is 5.11 Å². The second-order valence-electron chi connectivity index (χ2n) is 9.52. The summed E-state index contributed by atoms with van der Waals surface area (Å²) in [6.07, 6.45) is 2.77. The summed E-state index contributed by atoms with van der Waals surface area (Å²) in [6, 6.07) is 21.6. The molecule has 3 aromatic carbocycles. The summed E-state index contributed by atoms with van der Waals surface area (Å²) >= 11 is 0. The van der Waals surface area contributed by atoms with Crippen LogP contribution in [0.25, 0.3) is 10.9 Å². The number of hydrogen-bond donors (Lipinski definition) is 3. The van der Waals surface area contributed by atoms with Gasteiger partial charge in [-0.25, -0.2) is 0 Å². The van der Waals surface area contributed by atoms with E-state index in [1.165, 1.54) is 0 Å². The van der Waals surface area contributed by atoms with Crippen LogP contribution in [0.15, 0.2) is 72.9 Å². The summed E-state index contributed by atoms with van der Waals surface area (Å²) in [6.45, 7) is 4.14. The molecule has 1 aromatic heterocycles. The third kappa shape index (κ3) is 6.51. The first kappa shape index (κ1) is 27.1. The third-order valence-corrected chi connectivity index (χ3v) is 6.72. The maximum Gasteiger partial charge on any atom is 0.303 e. The normalized spacial score (nSPS) is 11.5. The lowest BCUT2D eigenvalue weighted by Gasteiger charge is -2.18. The fraction of sp³-hybridized carbons (Fsp3) is 0.226. The molecule has 4 aromatic rings. The number of nitrogens with zero attached hydrogens (tertiary/aromatic N) is 2. The van der Waals surface area contributed by atoms with Crippen molar-refractivity contribution >= 4 is 34.4 Å². The highest BCUT2D eigenvalue weighted by atomic mass is 16.4. The molecule has 3 N–H and O–H groups in total. The van der Waals surface area contributed by atoms with E-state index in [1.54, 1.807) is 37.3 Å². The Balaban J connectivity index is 1.55. The molecule has 0 fully saturated rings. The Bertz CT molecular complexity index is 1570. The van der Waals surface area contributed by atoms with E-state index in [9.17, 15) is 19.6 Å². The van der Waals surface area contributed by atoms with Gasteiger partial charge in [0.15, 0.2) is 0 Å². The lowest BCUT2D eigenvalue weighted by molar-refractivity contribution is -0.137. The van der Waals surface area contributed by atoms with Crippen LogP contribution in [0.4, 0.5) is 5.69 Å². The fourth-order valence-corrected chi connectivity index (χ4v) is 4.54. The van der Waals surface area contributed by atoms with Crippen LogP contribution in [0.2, 0.25) is 0 Å². The van der Waals surface area contributed by atoms with Gasteiger partial charge in [-0.05, 0) is 67.6 Å². The van der Waals surface area contributed by atoms with Gasteiger partial charge in [0.25, 0.3) is 5.91 Å². The van der Waals surface area contributed by atoms with Crippen LogP contribution >= 0.6 is 0 Å². The first-order valence-electron chi connectivity index (χ1n) is 12.8. The van der Waals surface area contributed by atoms with E-state index in [-0.39, 0.29) is 18.2 Å². The highest BCUT2D eigenvalue weighted by molar-refractivity contribution is 6.00. The number of aliphatic carboxylic acids is 1. The number of carbonyl (C=O) groups excluding carboxylic acids is 2. The molecule has 198 valence electrons. The molecule has 0 bridgehead atoms. The van der Waals surface area contributed by atoms with Crippen molar-refractivity contribution in [2.75, 3.05) is 5.32 Å². The molecule has 1 atom stereocenters. The monoisotopic (exact) mass is 522 g/mol. The summed E-state index contributed by atoms with van der Waals surface area (Å²) in [5.74, 6) is -1.38. The number of benzene rings is 3. The summed E-state index contributed by atoms with van der Waals surface area (Å²) < 4.78 is 1.84. The fourth-order valence-electron chi connectivity index (χ4n) is 4.54. The number of amides is 2. The molecule has 0 aliphatic heterocycles. The minimum absolute atomic E-state index is 0.0136. The first-order valence-corrected chi connectivity index (χ1v) is 12.8.